The second-order valence-corrected chi connectivity index (χ2v) is 6.61. The minimum atomic E-state index is 1.21. The van der Waals surface area contributed by atoms with Crippen molar-refractivity contribution >= 4 is 0 Å². The van der Waals surface area contributed by atoms with Crippen molar-refractivity contribution in [3.05, 3.63) is 12.2 Å². The predicted molar refractivity (Wildman–Crippen MR) is 103 cm³/mol. The molecule has 0 amide bonds. The number of nitrogens with zero attached hydrogens (tertiary/aromatic N) is 1. The van der Waals surface area contributed by atoms with Crippen molar-refractivity contribution in [1.29, 1.82) is 0 Å². The van der Waals surface area contributed by atoms with Gasteiger partial charge in [0.05, 0.1) is 0 Å². The fraction of sp³-hybridized carbons (Fsp3) is 0.905. The molecule has 0 saturated carbocycles. The number of unbranched alkanes of at least 4 members (excludes halogenated alkanes) is 11. The molecule has 0 rings (SSSR count). The average molecular weight is 310 g/mol. The van der Waals surface area contributed by atoms with E-state index in [1.807, 2.05) is 0 Å². The summed E-state index contributed by atoms with van der Waals surface area (Å²) in [5.41, 5.74) is 0. The summed E-state index contributed by atoms with van der Waals surface area (Å²) in [6.07, 6.45) is 22.9. The fourth-order valence-corrected chi connectivity index (χ4v) is 2.93. The van der Waals surface area contributed by atoms with Crippen LogP contribution in [-0.4, -0.2) is 24.5 Å². The normalized spacial score (nSPS) is 11.8. The monoisotopic (exact) mass is 309 g/mol. The third kappa shape index (κ3) is 16.1. The molecule has 0 atom stereocenters. The molecule has 1 nitrogen and oxygen atoms in total. The van der Waals surface area contributed by atoms with Crippen LogP contribution in [0, 0.1) is 0 Å². The van der Waals surface area contributed by atoms with Crippen molar-refractivity contribution in [1.82, 2.24) is 4.90 Å². The van der Waals surface area contributed by atoms with Gasteiger partial charge in [-0.05, 0) is 45.3 Å². The minimum Gasteiger partial charge on any atom is -0.304 e. The zero-order chi connectivity index (χ0) is 16.3. The molecule has 0 fully saturated rings. The highest BCUT2D eigenvalue weighted by atomic mass is 15.1. The first kappa shape index (κ1) is 21.7. The first-order valence-corrected chi connectivity index (χ1v) is 10.2. The molecule has 0 heterocycles. The van der Waals surface area contributed by atoms with Crippen LogP contribution in [0.1, 0.15) is 104 Å². The summed E-state index contributed by atoms with van der Waals surface area (Å²) in [6, 6.07) is 0. The van der Waals surface area contributed by atoms with Gasteiger partial charge in [0.25, 0.3) is 0 Å². The highest BCUT2D eigenvalue weighted by Gasteiger charge is 1.98. The molecule has 132 valence electrons. The first-order valence-electron chi connectivity index (χ1n) is 10.2. The van der Waals surface area contributed by atoms with E-state index in [1.54, 1.807) is 0 Å². The van der Waals surface area contributed by atoms with Crippen molar-refractivity contribution in [2.45, 2.75) is 104 Å². The van der Waals surface area contributed by atoms with Gasteiger partial charge in [-0.2, -0.15) is 0 Å². The van der Waals surface area contributed by atoms with E-state index in [0.29, 0.717) is 0 Å². The summed E-state index contributed by atoms with van der Waals surface area (Å²) in [6.45, 7) is 10.5. The third-order valence-electron chi connectivity index (χ3n) is 4.63. The molecule has 0 unspecified atom stereocenters. The number of hydrogen-bond acceptors (Lipinski definition) is 1. The molecule has 0 aromatic rings. The van der Waals surface area contributed by atoms with Crippen LogP contribution in [0.2, 0.25) is 0 Å². The predicted octanol–water partition coefficient (Wildman–Crippen LogP) is 6.98. The molecule has 0 saturated heterocycles. The second kappa shape index (κ2) is 18.7. The van der Waals surface area contributed by atoms with Gasteiger partial charge in [0.2, 0.25) is 0 Å². The van der Waals surface area contributed by atoms with Gasteiger partial charge in [-0.3, -0.25) is 0 Å². The van der Waals surface area contributed by atoms with Crippen molar-refractivity contribution in [3.63, 3.8) is 0 Å². The maximum atomic E-state index is 2.54. The fourth-order valence-electron chi connectivity index (χ4n) is 2.93. The zero-order valence-electron chi connectivity index (χ0n) is 15.9. The maximum Gasteiger partial charge on any atom is -0.00190 e. The van der Waals surface area contributed by atoms with E-state index in [0.717, 1.165) is 0 Å². The van der Waals surface area contributed by atoms with Crippen molar-refractivity contribution in [2.24, 2.45) is 0 Å². The van der Waals surface area contributed by atoms with E-state index < -0.39 is 0 Å². The van der Waals surface area contributed by atoms with Crippen LogP contribution in [-0.2, 0) is 0 Å². The molecule has 0 spiro atoms. The molecule has 0 aliphatic rings. The molecular formula is C21H43N. The standard InChI is InChI=1S/C21H43N/c1-4-7-8-9-10-11-12-13-14-15-16-17-18-19-20-21-22(5-2)6-3/h9-10H,4-8,11-21H2,1-3H3/b10-9+. The molecule has 0 aromatic carbocycles. The van der Waals surface area contributed by atoms with Gasteiger partial charge in [0, 0.05) is 0 Å². The van der Waals surface area contributed by atoms with Crippen LogP contribution < -0.4 is 0 Å². The smallest absolute Gasteiger partial charge is 0.00190 e. The molecule has 1 heteroatoms. The van der Waals surface area contributed by atoms with E-state index in [9.17, 15) is 0 Å². The lowest BCUT2D eigenvalue weighted by molar-refractivity contribution is 0.295. The van der Waals surface area contributed by atoms with Gasteiger partial charge >= 0.3 is 0 Å². The van der Waals surface area contributed by atoms with E-state index in [-0.39, 0.29) is 0 Å². The first-order chi connectivity index (χ1) is 10.8. The van der Waals surface area contributed by atoms with Gasteiger partial charge < -0.3 is 4.90 Å². The van der Waals surface area contributed by atoms with Crippen LogP contribution in [0.15, 0.2) is 12.2 Å². The van der Waals surface area contributed by atoms with Gasteiger partial charge in [0.15, 0.2) is 0 Å². The van der Waals surface area contributed by atoms with E-state index >= 15 is 0 Å². The summed E-state index contributed by atoms with van der Waals surface area (Å²) in [4.78, 5) is 2.54. The lowest BCUT2D eigenvalue weighted by Gasteiger charge is -2.17. The van der Waals surface area contributed by atoms with Gasteiger partial charge in [-0.1, -0.05) is 90.7 Å². The average Bonchev–Trinajstić information content (AvgIpc) is 2.55. The van der Waals surface area contributed by atoms with Crippen molar-refractivity contribution < 1.29 is 0 Å². The molecule has 0 bridgehead atoms. The Morgan fingerprint density at radius 1 is 0.545 bits per heavy atom. The Bertz CT molecular complexity index is 218. The highest BCUT2D eigenvalue weighted by molar-refractivity contribution is 4.81. The van der Waals surface area contributed by atoms with E-state index in [2.05, 4.69) is 37.8 Å². The quantitative estimate of drug-likeness (QED) is 0.207. The summed E-state index contributed by atoms with van der Waals surface area (Å²) < 4.78 is 0. The highest BCUT2D eigenvalue weighted by Crippen LogP contribution is 2.11. The SMILES string of the molecule is CCCC/C=C/CCCCCCCCCCCN(CC)CC. The zero-order valence-corrected chi connectivity index (χ0v) is 15.9. The summed E-state index contributed by atoms with van der Waals surface area (Å²) >= 11 is 0. The topological polar surface area (TPSA) is 3.24 Å². The Balaban J connectivity index is 3.10. The number of rotatable bonds is 17. The molecule has 22 heavy (non-hydrogen) atoms. The molecule has 0 aromatic heterocycles. The van der Waals surface area contributed by atoms with Crippen LogP contribution in [0.25, 0.3) is 0 Å². The molecule has 0 radical (unpaired) electrons. The Morgan fingerprint density at radius 2 is 1.00 bits per heavy atom. The van der Waals surface area contributed by atoms with E-state index in [1.165, 1.54) is 103 Å². The number of hydrogen-bond donors (Lipinski definition) is 0. The number of allylic oxidation sites excluding steroid dienone is 2. The Labute approximate surface area is 141 Å². The van der Waals surface area contributed by atoms with Gasteiger partial charge in [0.1, 0.15) is 0 Å². The van der Waals surface area contributed by atoms with Crippen LogP contribution in [0.5, 0.6) is 0 Å². The van der Waals surface area contributed by atoms with E-state index in [4.69, 9.17) is 0 Å². The maximum absolute atomic E-state index is 2.54. The summed E-state index contributed by atoms with van der Waals surface area (Å²) in [5.74, 6) is 0. The van der Waals surface area contributed by atoms with Crippen LogP contribution >= 0.6 is 0 Å². The molecule has 0 aliphatic carbocycles. The Kier molecular flexibility index (Phi) is 18.5. The van der Waals surface area contributed by atoms with Crippen LogP contribution in [0.3, 0.4) is 0 Å². The second-order valence-electron chi connectivity index (χ2n) is 6.61. The van der Waals surface area contributed by atoms with Crippen LogP contribution in [0.4, 0.5) is 0 Å². The molecular weight excluding hydrogens is 266 g/mol. The van der Waals surface area contributed by atoms with Crippen molar-refractivity contribution in [3.8, 4) is 0 Å². The minimum absolute atomic E-state index is 1.21. The lowest BCUT2D eigenvalue weighted by Crippen LogP contribution is -2.23. The van der Waals surface area contributed by atoms with Gasteiger partial charge in [-0.15, -0.1) is 0 Å². The summed E-state index contributed by atoms with van der Waals surface area (Å²) in [7, 11) is 0. The Hall–Kier alpha value is -0.300. The lowest BCUT2D eigenvalue weighted by atomic mass is 10.1. The van der Waals surface area contributed by atoms with Crippen molar-refractivity contribution in [2.75, 3.05) is 19.6 Å². The largest absolute Gasteiger partial charge is 0.304 e. The van der Waals surface area contributed by atoms with Gasteiger partial charge in [-0.25, -0.2) is 0 Å². The Morgan fingerprint density at radius 3 is 1.50 bits per heavy atom. The summed E-state index contributed by atoms with van der Waals surface area (Å²) in [5, 5.41) is 0. The third-order valence-corrected chi connectivity index (χ3v) is 4.63. The molecule has 0 N–H and O–H groups in total. The molecule has 0 aliphatic heterocycles.